The van der Waals surface area contributed by atoms with Crippen LogP contribution in [-0.4, -0.2) is 45.1 Å². The first-order valence-corrected chi connectivity index (χ1v) is 8.82. The van der Waals surface area contributed by atoms with E-state index >= 15 is 0 Å². The maximum Gasteiger partial charge on any atom is 0.283 e. The molecule has 0 radical (unpaired) electrons. The van der Waals surface area contributed by atoms with Gasteiger partial charge in [0, 0.05) is 18.1 Å². The Bertz CT molecular complexity index is 808. The molecule has 3 heterocycles. The van der Waals surface area contributed by atoms with Gasteiger partial charge in [-0.25, -0.2) is 0 Å². The van der Waals surface area contributed by atoms with Gasteiger partial charge in [-0.3, -0.25) is 10.2 Å². The highest BCUT2D eigenvalue weighted by Gasteiger charge is 2.37. The zero-order valence-electron chi connectivity index (χ0n) is 12.7. The number of likely N-dealkylation sites (tertiary alicyclic amines) is 1. The molecule has 1 saturated heterocycles. The second-order valence-electron chi connectivity index (χ2n) is 5.65. The van der Waals surface area contributed by atoms with Crippen molar-refractivity contribution in [2.24, 2.45) is 10.1 Å². The number of aliphatic imine (C=N–C) groups is 1. The van der Waals surface area contributed by atoms with Gasteiger partial charge in [0.05, 0.1) is 5.57 Å². The molecule has 1 amide bonds. The molecule has 1 aromatic carbocycles. The summed E-state index contributed by atoms with van der Waals surface area (Å²) in [5.41, 5.74) is 1.02. The zero-order valence-corrected chi connectivity index (χ0v) is 14.3. The monoisotopic (exact) mass is 359 g/mol. The van der Waals surface area contributed by atoms with Gasteiger partial charge in [0.2, 0.25) is 5.17 Å². The van der Waals surface area contributed by atoms with Crippen LogP contribution in [0.1, 0.15) is 18.4 Å². The van der Waals surface area contributed by atoms with Crippen LogP contribution >= 0.6 is 23.4 Å². The Hall–Kier alpha value is -2.12. The molecule has 4 rings (SSSR count). The van der Waals surface area contributed by atoms with Crippen LogP contribution in [0.25, 0.3) is 6.08 Å². The number of amides is 1. The molecule has 24 heavy (non-hydrogen) atoms. The summed E-state index contributed by atoms with van der Waals surface area (Å²) in [6, 6.07) is 7.09. The summed E-state index contributed by atoms with van der Waals surface area (Å²) in [5, 5.41) is 16.2. The quantitative estimate of drug-likeness (QED) is 0.782. The van der Waals surface area contributed by atoms with Gasteiger partial charge < -0.3 is 4.90 Å². The number of carbonyl (C=O) groups is 1. The van der Waals surface area contributed by atoms with E-state index in [1.807, 2.05) is 0 Å². The van der Waals surface area contributed by atoms with Crippen molar-refractivity contribution in [2.45, 2.75) is 12.8 Å². The topological polar surface area (TPSA) is 72.1 Å². The van der Waals surface area contributed by atoms with E-state index in [4.69, 9.17) is 17.0 Å². The molecule has 0 aromatic heterocycles. The minimum absolute atomic E-state index is 0.0571. The fourth-order valence-electron chi connectivity index (χ4n) is 2.74. The zero-order chi connectivity index (χ0) is 16.7. The highest BCUT2D eigenvalue weighted by Crippen LogP contribution is 2.30. The Morgan fingerprint density at radius 1 is 1.17 bits per heavy atom. The molecular weight excluding hydrogens is 346 g/mol. The third-order valence-electron chi connectivity index (χ3n) is 4.00. The third kappa shape index (κ3) is 2.74. The molecule has 6 nitrogen and oxygen atoms in total. The van der Waals surface area contributed by atoms with Crippen molar-refractivity contribution in [1.82, 2.24) is 9.91 Å². The molecule has 0 unspecified atom stereocenters. The van der Waals surface area contributed by atoms with Crippen LogP contribution in [0.4, 0.5) is 0 Å². The molecule has 0 bridgehead atoms. The van der Waals surface area contributed by atoms with E-state index in [-0.39, 0.29) is 11.4 Å². The van der Waals surface area contributed by atoms with Crippen molar-refractivity contribution in [1.29, 1.82) is 5.41 Å². The predicted molar refractivity (Wildman–Crippen MR) is 97.3 cm³/mol. The fourth-order valence-corrected chi connectivity index (χ4v) is 3.81. The molecule has 0 saturated carbocycles. The van der Waals surface area contributed by atoms with E-state index in [0.717, 1.165) is 36.7 Å². The number of fused-ring (bicyclic) bond motifs is 1. The van der Waals surface area contributed by atoms with E-state index in [2.05, 4.69) is 15.0 Å². The molecule has 1 fully saturated rings. The van der Waals surface area contributed by atoms with Gasteiger partial charge >= 0.3 is 0 Å². The average molecular weight is 360 g/mol. The average Bonchev–Trinajstić information content (AvgIpc) is 3.22. The number of benzene rings is 1. The van der Waals surface area contributed by atoms with Crippen LogP contribution in [0.15, 0.2) is 39.9 Å². The minimum Gasteiger partial charge on any atom is -0.349 e. The molecule has 122 valence electrons. The highest BCUT2D eigenvalue weighted by molar-refractivity contribution is 8.26. The normalized spacial score (nSPS) is 22.1. The van der Waals surface area contributed by atoms with Gasteiger partial charge in [-0.2, -0.15) is 10.0 Å². The van der Waals surface area contributed by atoms with Crippen molar-refractivity contribution >= 4 is 51.5 Å². The lowest BCUT2D eigenvalue weighted by Crippen LogP contribution is -2.35. The molecular formula is C16H14ClN5OS. The van der Waals surface area contributed by atoms with Crippen LogP contribution < -0.4 is 0 Å². The van der Waals surface area contributed by atoms with Gasteiger partial charge in [-0.05, 0) is 48.4 Å². The number of nitrogens with zero attached hydrogens (tertiary/aromatic N) is 4. The first-order valence-electron chi connectivity index (χ1n) is 7.62. The van der Waals surface area contributed by atoms with Crippen molar-refractivity contribution in [3.8, 4) is 0 Å². The number of thioether (sulfide) groups is 1. The van der Waals surface area contributed by atoms with Gasteiger partial charge in [-0.15, -0.1) is 5.10 Å². The van der Waals surface area contributed by atoms with Gasteiger partial charge in [0.1, 0.15) is 0 Å². The van der Waals surface area contributed by atoms with Crippen LogP contribution in [0.5, 0.6) is 0 Å². The lowest BCUT2D eigenvalue weighted by Gasteiger charge is -2.19. The first kappa shape index (κ1) is 15.4. The highest BCUT2D eigenvalue weighted by atomic mass is 35.5. The predicted octanol–water partition coefficient (Wildman–Crippen LogP) is 3.01. The summed E-state index contributed by atoms with van der Waals surface area (Å²) in [6.07, 6.45) is 3.93. The number of halogens is 1. The molecule has 1 N–H and O–H groups in total. The molecule has 0 aliphatic carbocycles. The minimum atomic E-state index is -0.411. The molecule has 3 aliphatic heterocycles. The van der Waals surface area contributed by atoms with E-state index in [0.29, 0.717) is 10.2 Å². The second-order valence-corrected chi connectivity index (χ2v) is 7.02. The second kappa shape index (κ2) is 6.07. The van der Waals surface area contributed by atoms with Gasteiger partial charge in [0.15, 0.2) is 11.0 Å². The first-order chi connectivity index (χ1) is 11.6. The Morgan fingerprint density at radius 2 is 1.88 bits per heavy atom. The number of rotatable bonds is 1. The largest absolute Gasteiger partial charge is 0.349 e. The standard InChI is InChI=1S/C16H14ClN5OS/c17-11-5-3-10(4-6-11)9-12-13(18)22-15(19-14(12)23)24-16(20-22)21-7-1-2-8-21/h3-6,9,18H,1-2,7-8H2/b12-9-,18-13?. The number of amidine groups is 3. The maximum absolute atomic E-state index is 12.3. The van der Waals surface area contributed by atoms with Crippen LogP contribution in [0.2, 0.25) is 5.02 Å². The Labute approximate surface area is 148 Å². The third-order valence-corrected chi connectivity index (χ3v) is 5.22. The van der Waals surface area contributed by atoms with Crippen molar-refractivity contribution in [2.75, 3.05) is 13.1 Å². The Balaban J connectivity index is 1.64. The van der Waals surface area contributed by atoms with Crippen LogP contribution in [0.3, 0.4) is 0 Å². The summed E-state index contributed by atoms with van der Waals surface area (Å²) in [7, 11) is 0. The van der Waals surface area contributed by atoms with Gasteiger partial charge in [-0.1, -0.05) is 23.7 Å². The Morgan fingerprint density at radius 3 is 2.58 bits per heavy atom. The summed E-state index contributed by atoms with van der Waals surface area (Å²) in [5.74, 6) is -0.354. The molecule has 1 aromatic rings. The number of hydrogen-bond donors (Lipinski definition) is 1. The fraction of sp³-hybridized carbons (Fsp3) is 0.250. The number of carbonyl (C=O) groups excluding carboxylic acids is 1. The molecule has 8 heteroatoms. The molecule has 0 atom stereocenters. The lowest BCUT2D eigenvalue weighted by atomic mass is 10.1. The maximum atomic E-state index is 12.3. The summed E-state index contributed by atoms with van der Waals surface area (Å²) >= 11 is 7.23. The van der Waals surface area contributed by atoms with E-state index in [1.165, 1.54) is 16.8 Å². The van der Waals surface area contributed by atoms with Crippen molar-refractivity contribution < 1.29 is 4.79 Å². The lowest BCUT2D eigenvalue weighted by molar-refractivity contribution is -0.114. The number of hydrogen-bond acceptors (Lipinski definition) is 5. The van der Waals surface area contributed by atoms with Crippen molar-refractivity contribution in [3.63, 3.8) is 0 Å². The van der Waals surface area contributed by atoms with E-state index < -0.39 is 5.91 Å². The van der Waals surface area contributed by atoms with Crippen molar-refractivity contribution in [3.05, 3.63) is 40.4 Å². The van der Waals surface area contributed by atoms with Crippen LogP contribution in [0, 0.1) is 5.41 Å². The Kier molecular flexibility index (Phi) is 3.90. The number of nitrogens with one attached hydrogen (secondary N) is 1. The summed E-state index contributed by atoms with van der Waals surface area (Å²) < 4.78 is 0. The smallest absolute Gasteiger partial charge is 0.283 e. The summed E-state index contributed by atoms with van der Waals surface area (Å²) in [6.45, 7) is 1.92. The molecule has 0 spiro atoms. The van der Waals surface area contributed by atoms with E-state index in [1.54, 1.807) is 30.3 Å². The van der Waals surface area contributed by atoms with Crippen LogP contribution in [-0.2, 0) is 4.79 Å². The number of hydrazone groups is 1. The van der Waals surface area contributed by atoms with Gasteiger partial charge in [0.25, 0.3) is 5.91 Å². The molecule has 3 aliphatic rings. The SMILES string of the molecule is N=C1/C(=C/c2ccc(Cl)cc2)C(=O)N=C2SC(N3CCCC3)=NN12. The summed E-state index contributed by atoms with van der Waals surface area (Å²) in [4.78, 5) is 18.6. The van der Waals surface area contributed by atoms with E-state index in [9.17, 15) is 4.79 Å².